The number of carbonyl (C=O) groups excluding carboxylic acids is 1. The minimum Gasteiger partial charge on any atom is -0.480 e. The fourth-order valence-electron chi connectivity index (χ4n) is 4.82. The highest BCUT2D eigenvalue weighted by Gasteiger charge is 2.52. The summed E-state index contributed by atoms with van der Waals surface area (Å²) < 4.78 is 39.4. The number of hydrogen-bond acceptors (Lipinski definition) is 9. The van der Waals surface area contributed by atoms with E-state index in [-0.39, 0.29) is 23.6 Å². The zero-order chi connectivity index (χ0) is 28.5. The van der Waals surface area contributed by atoms with E-state index in [9.17, 15) is 23.1 Å². The molecule has 3 heterocycles. The molecule has 1 unspecified atom stereocenters. The van der Waals surface area contributed by atoms with Gasteiger partial charge in [0.25, 0.3) is 5.91 Å². The molecule has 1 amide bonds. The summed E-state index contributed by atoms with van der Waals surface area (Å²) in [5.41, 5.74) is 1.32. The lowest BCUT2D eigenvalue weighted by molar-refractivity contribution is -0.815. The van der Waals surface area contributed by atoms with E-state index < -0.39 is 38.4 Å². The molecule has 40 heavy (non-hydrogen) atoms. The van der Waals surface area contributed by atoms with Crippen LogP contribution in [-0.2, 0) is 35.6 Å². The van der Waals surface area contributed by atoms with Crippen LogP contribution in [0.25, 0.3) is 10.1 Å². The molecule has 14 heteroatoms. The largest absolute Gasteiger partial charge is 0.480 e. The van der Waals surface area contributed by atoms with Gasteiger partial charge in [0, 0.05) is 22.3 Å². The van der Waals surface area contributed by atoms with Crippen LogP contribution in [0.5, 0.6) is 0 Å². The standard InChI is InChI=1S/C26H27ClN4O7S2/c1-30(13-24-37-7-8-38-24)28-12-17-3-2-4-18(9-17)14-31(15-21(26(33)34)29-23(32)16-31)40(35,36)25-10-19-5-6-20(27)11-22(19)39-25/h2-6,9-12,21,24H,7-8,13-16H2,1H3,(H-,29,32,33,34)/p+1/t21-,31?/m1/s1. The smallest absolute Gasteiger partial charge is 0.337 e. The molecule has 2 saturated heterocycles. The van der Waals surface area contributed by atoms with Crippen molar-refractivity contribution in [2.45, 2.75) is 23.1 Å². The number of sulfonamides is 1. The molecule has 0 spiro atoms. The molecule has 2 aliphatic heterocycles. The number of piperazine rings is 1. The van der Waals surface area contributed by atoms with Crippen LogP contribution < -0.4 is 5.32 Å². The molecule has 1 aromatic heterocycles. The van der Waals surface area contributed by atoms with Crippen molar-refractivity contribution >= 4 is 61.1 Å². The van der Waals surface area contributed by atoms with Gasteiger partial charge in [0.05, 0.1) is 26.0 Å². The normalized spacial score (nSPS) is 22.1. The Morgan fingerprint density at radius 1 is 1.25 bits per heavy atom. The molecule has 0 bridgehead atoms. The van der Waals surface area contributed by atoms with Crippen LogP contribution in [0.3, 0.4) is 0 Å². The monoisotopic (exact) mass is 607 g/mol. The van der Waals surface area contributed by atoms with Crippen molar-refractivity contribution in [3.05, 3.63) is 64.7 Å². The second kappa shape index (κ2) is 11.4. The molecule has 3 aromatic rings. The topological polar surface area (TPSA) is 135 Å². The number of nitrogens with zero attached hydrogens (tertiary/aromatic N) is 3. The van der Waals surface area contributed by atoms with Gasteiger partial charge in [-0.05, 0) is 35.2 Å². The number of benzene rings is 2. The van der Waals surface area contributed by atoms with Gasteiger partial charge in [-0.1, -0.05) is 35.9 Å². The van der Waals surface area contributed by atoms with Crippen molar-refractivity contribution in [2.24, 2.45) is 5.10 Å². The van der Waals surface area contributed by atoms with E-state index in [0.717, 1.165) is 11.3 Å². The van der Waals surface area contributed by atoms with E-state index in [1.807, 2.05) is 6.07 Å². The number of carboxylic acids is 1. The Morgan fingerprint density at radius 2 is 2.02 bits per heavy atom. The SMILES string of the molecule is CN(CC1OCCO1)N=Cc1cccc(C[N+]2(S(=O)(=O)c3cc4ccc(Cl)cc4s3)CC(=O)N[C@@H](C(=O)O)C2)c1. The molecule has 0 radical (unpaired) electrons. The third kappa shape index (κ3) is 5.99. The number of halogens is 1. The first kappa shape index (κ1) is 28.5. The number of carbonyl (C=O) groups is 2. The van der Waals surface area contributed by atoms with E-state index in [4.69, 9.17) is 21.1 Å². The van der Waals surface area contributed by atoms with Gasteiger partial charge in [0.15, 0.2) is 23.1 Å². The quantitative estimate of drug-likeness (QED) is 0.215. The van der Waals surface area contributed by atoms with Crippen LogP contribution in [0.15, 0.2) is 57.8 Å². The number of hydrazone groups is 1. The van der Waals surface area contributed by atoms with E-state index in [1.54, 1.807) is 60.7 Å². The molecule has 2 aromatic carbocycles. The number of fused-ring (bicyclic) bond motifs is 1. The van der Waals surface area contributed by atoms with E-state index in [0.29, 0.717) is 46.0 Å². The molecule has 2 aliphatic rings. The fraction of sp³-hybridized carbons (Fsp3) is 0.346. The first-order chi connectivity index (χ1) is 19.0. The van der Waals surface area contributed by atoms with Crippen molar-refractivity contribution in [3.63, 3.8) is 0 Å². The lowest BCUT2D eigenvalue weighted by Crippen LogP contribution is -2.68. The Labute approximate surface area is 240 Å². The molecule has 2 fully saturated rings. The van der Waals surface area contributed by atoms with Gasteiger partial charge >= 0.3 is 16.0 Å². The molecule has 0 aliphatic carbocycles. The number of thiophene rings is 1. The van der Waals surface area contributed by atoms with Crippen LogP contribution >= 0.6 is 22.9 Å². The molecular formula is C26H28ClN4O7S2+. The third-order valence-electron chi connectivity index (χ3n) is 6.73. The number of rotatable bonds is 9. The molecule has 2 atom stereocenters. The third-order valence-corrected chi connectivity index (χ3v) is 10.8. The van der Waals surface area contributed by atoms with Gasteiger partial charge < -0.3 is 19.9 Å². The van der Waals surface area contributed by atoms with Crippen LogP contribution in [0.2, 0.25) is 5.02 Å². The predicted octanol–water partition coefficient (Wildman–Crippen LogP) is 2.48. The maximum absolute atomic E-state index is 14.3. The summed E-state index contributed by atoms with van der Waals surface area (Å²) in [6, 6.07) is 12.4. The number of likely N-dealkylation sites (N-methyl/N-ethyl adjacent to an activating group) is 1. The Kier molecular flexibility index (Phi) is 8.13. The predicted molar refractivity (Wildman–Crippen MR) is 150 cm³/mol. The Bertz CT molecular complexity index is 1570. The first-order valence-electron chi connectivity index (χ1n) is 12.4. The summed E-state index contributed by atoms with van der Waals surface area (Å²) >= 11 is 7.15. The minimum atomic E-state index is -4.23. The van der Waals surface area contributed by atoms with Gasteiger partial charge in [-0.15, -0.1) is 11.3 Å². The highest BCUT2D eigenvalue weighted by molar-refractivity contribution is 7.88. The molecule has 212 valence electrons. The van der Waals surface area contributed by atoms with Crippen LogP contribution in [-0.4, -0.2) is 92.7 Å². The average molecular weight is 608 g/mol. The van der Waals surface area contributed by atoms with Gasteiger partial charge in [-0.25, -0.2) is 4.79 Å². The summed E-state index contributed by atoms with van der Waals surface area (Å²) in [4.78, 5) is 24.7. The second-order valence-electron chi connectivity index (χ2n) is 9.74. The molecule has 5 rings (SSSR count). The summed E-state index contributed by atoms with van der Waals surface area (Å²) in [6.45, 7) is 0.660. The maximum Gasteiger partial charge on any atom is 0.337 e. The lowest BCUT2D eigenvalue weighted by atomic mass is 10.1. The molecule has 0 saturated carbocycles. The number of amides is 1. The van der Waals surface area contributed by atoms with Crippen LogP contribution in [0, 0.1) is 0 Å². The summed E-state index contributed by atoms with van der Waals surface area (Å²) in [5, 5.41) is 19.4. The number of quaternary nitrogens is 1. The summed E-state index contributed by atoms with van der Waals surface area (Å²) in [5.74, 6) is -1.95. The first-order valence-corrected chi connectivity index (χ1v) is 15.1. The molecular weight excluding hydrogens is 580 g/mol. The highest BCUT2D eigenvalue weighted by atomic mass is 35.5. The summed E-state index contributed by atoms with van der Waals surface area (Å²) in [6.07, 6.45) is 1.29. The maximum atomic E-state index is 14.3. The zero-order valence-electron chi connectivity index (χ0n) is 21.5. The lowest BCUT2D eigenvalue weighted by Gasteiger charge is -2.40. The fourth-order valence-corrected chi connectivity index (χ4v) is 8.66. The van der Waals surface area contributed by atoms with Gasteiger partial charge in [0.1, 0.15) is 13.1 Å². The van der Waals surface area contributed by atoms with Crippen molar-refractivity contribution in [2.75, 3.05) is 39.9 Å². The molecule has 11 nitrogen and oxygen atoms in total. The Hall–Kier alpha value is -3.07. The highest BCUT2D eigenvalue weighted by Crippen LogP contribution is 2.37. The van der Waals surface area contributed by atoms with Crippen molar-refractivity contribution in [1.82, 2.24) is 10.3 Å². The van der Waals surface area contributed by atoms with Crippen LogP contribution in [0.4, 0.5) is 0 Å². The Balaban J connectivity index is 1.48. The summed E-state index contributed by atoms with van der Waals surface area (Å²) in [7, 11) is -2.44. The zero-order valence-corrected chi connectivity index (χ0v) is 23.9. The van der Waals surface area contributed by atoms with E-state index in [1.165, 1.54) is 0 Å². The number of carboxylic acid groups (broad SMARTS) is 1. The number of nitrogens with one attached hydrogen (secondary N) is 1. The number of hydrogen-bond donors (Lipinski definition) is 2. The van der Waals surface area contributed by atoms with Gasteiger partial charge in [-0.2, -0.15) is 17.4 Å². The number of aliphatic carboxylic acids is 1. The van der Waals surface area contributed by atoms with Gasteiger partial charge in [-0.3, -0.25) is 9.80 Å². The average Bonchev–Trinajstić information content (AvgIpc) is 3.57. The van der Waals surface area contributed by atoms with E-state index >= 15 is 0 Å². The van der Waals surface area contributed by atoms with Gasteiger partial charge in [0.2, 0.25) is 0 Å². The second-order valence-corrected chi connectivity index (χ2v) is 13.7. The minimum absolute atomic E-state index is 0.0410. The van der Waals surface area contributed by atoms with Crippen LogP contribution in [0.1, 0.15) is 11.1 Å². The van der Waals surface area contributed by atoms with Crippen molar-refractivity contribution in [3.8, 4) is 0 Å². The Morgan fingerprint density at radius 3 is 2.77 bits per heavy atom. The molecule has 2 N–H and O–H groups in total. The van der Waals surface area contributed by atoms with E-state index in [2.05, 4.69) is 10.4 Å². The number of ether oxygens (including phenoxy) is 2. The van der Waals surface area contributed by atoms with Crippen molar-refractivity contribution < 1.29 is 36.5 Å². The van der Waals surface area contributed by atoms with Crippen molar-refractivity contribution in [1.29, 1.82) is 0 Å².